The van der Waals surface area contributed by atoms with Crippen LogP contribution in [0.2, 0.25) is 5.02 Å². The van der Waals surface area contributed by atoms with Crippen LogP contribution in [0.5, 0.6) is 5.75 Å². The van der Waals surface area contributed by atoms with Gasteiger partial charge < -0.3 is 20.0 Å². The Morgan fingerprint density at radius 2 is 1.88 bits per heavy atom. The Morgan fingerprint density at radius 3 is 2.56 bits per heavy atom. The van der Waals surface area contributed by atoms with E-state index < -0.39 is 6.09 Å². The zero-order chi connectivity index (χ0) is 23.3. The van der Waals surface area contributed by atoms with E-state index in [1.54, 1.807) is 17.0 Å². The van der Waals surface area contributed by atoms with Crippen LogP contribution >= 0.6 is 11.6 Å². The van der Waals surface area contributed by atoms with Crippen molar-refractivity contribution in [2.45, 2.75) is 39.0 Å². The maximum Gasteiger partial charge on any atom is 0.407 e. The van der Waals surface area contributed by atoms with Gasteiger partial charge in [-0.1, -0.05) is 17.7 Å². The molecule has 0 bridgehead atoms. The summed E-state index contributed by atoms with van der Waals surface area (Å²) < 4.78 is 0. The van der Waals surface area contributed by atoms with Gasteiger partial charge in [-0.3, -0.25) is 9.59 Å². The molecule has 0 spiro atoms. The minimum Gasteiger partial charge on any atom is -0.508 e. The average Bonchev–Trinajstić information content (AvgIpc) is 3.17. The maximum atomic E-state index is 12.6. The molecule has 1 heterocycles. The smallest absolute Gasteiger partial charge is 0.407 e. The summed E-state index contributed by atoms with van der Waals surface area (Å²) >= 11 is 6.09. The first-order valence-corrected chi connectivity index (χ1v) is 11.0. The van der Waals surface area contributed by atoms with Crippen molar-refractivity contribution < 1.29 is 24.6 Å². The number of carbonyl (C=O) groups is 3. The van der Waals surface area contributed by atoms with Gasteiger partial charge in [-0.15, -0.1) is 0 Å². The Labute approximate surface area is 192 Å². The summed E-state index contributed by atoms with van der Waals surface area (Å²) in [6.07, 6.45) is 1.67. The maximum absolute atomic E-state index is 12.6. The first-order chi connectivity index (χ1) is 15.3. The number of phenols is 1. The molecule has 0 unspecified atom stereocenters. The fourth-order valence-corrected chi connectivity index (χ4v) is 4.20. The predicted molar refractivity (Wildman–Crippen MR) is 123 cm³/mol. The first-order valence-electron chi connectivity index (χ1n) is 10.7. The topological polar surface area (TPSA) is 98.2 Å². The molecule has 0 aromatic heterocycles. The second kappa shape index (κ2) is 10.5. The number of benzene rings is 2. The summed E-state index contributed by atoms with van der Waals surface area (Å²) in [7, 11) is 0. The number of aromatic hydroxyl groups is 1. The monoisotopic (exact) mass is 458 g/mol. The fraction of sp³-hybridized carbons (Fsp3) is 0.375. The van der Waals surface area contributed by atoms with Crippen molar-refractivity contribution >= 4 is 35.1 Å². The molecule has 3 rings (SSSR count). The number of amides is 2. The molecule has 0 aliphatic carbocycles. The highest BCUT2D eigenvalue weighted by Gasteiger charge is 2.23. The number of hydrogen-bond acceptors (Lipinski definition) is 4. The molecule has 2 aromatic rings. The molecule has 0 radical (unpaired) electrons. The lowest BCUT2D eigenvalue weighted by molar-refractivity contribution is -0.116. The summed E-state index contributed by atoms with van der Waals surface area (Å²) in [4.78, 5) is 38.8. The van der Waals surface area contributed by atoms with E-state index in [0.717, 1.165) is 23.2 Å². The highest BCUT2D eigenvalue weighted by molar-refractivity contribution is 6.31. The van der Waals surface area contributed by atoms with Crippen molar-refractivity contribution in [1.29, 1.82) is 0 Å². The summed E-state index contributed by atoms with van der Waals surface area (Å²) in [5.41, 5.74) is 3.29. The van der Waals surface area contributed by atoms with Gasteiger partial charge in [0, 0.05) is 49.3 Å². The molecule has 2 aromatic carbocycles. The van der Waals surface area contributed by atoms with Gasteiger partial charge in [0.05, 0.1) is 0 Å². The highest BCUT2D eigenvalue weighted by atomic mass is 35.5. The molecule has 7 nitrogen and oxygen atoms in total. The Bertz CT molecular complexity index is 1020. The number of hydrogen-bond donors (Lipinski definition) is 2. The van der Waals surface area contributed by atoms with E-state index in [1.807, 2.05) is 12.1 Å². The number of ketones is 1. The van der Waals surface area contributed by atoms with Gasteiger partial charge in [0.1, 0.15) is 5.75 Å². The highest BCUT2D eigenvalue weighted by Crippen LogP contribution is 2.29. The molecule has 8 heteroatoms. The van der Waals surface area contributed by atoms with Crippen LogP contribution in [0.15, 0.2) is 36.4 Å². The molecular weight excluding hydrogens is 432 g/mol. The molecule has 170 valence electrons. The van der Waals surface area contributed by atoms with E-state index in [1.165, 1.54) is 24.0 Å². The Morgan fingerprint density at radius 1 is 1.09 bits per heavy atom. The molecule has 0 atom stereocenters. The van der Waals surface area contributed by atoms with Gasteiger partial charge >= 0.3 is 6.09 Å². The van der Waals surface area contributed by atoms with Crippen molar-refractivity contribution in [1.82, 2.24) is 4.90 Å². The van der Waals surface area contributed by atoms with Gasteiger partial charge in [0.25, 0.3) is 0 Å². The molecular formula is C24H27ClN2O5. The van der Waals surface area contributed by atoms with E-state index in [9.17, 15) is 24.6 Å². The molecule has 2 N–H and O–H groups in total. The van der Waals surface area contributed by atoms with Crippen LogP contribution in [0.4, 0.5) is 10.5 Å². The lowest BCUT2D eigenvalue weighted by Gasteiger charge is -2.19. The second-order valence-corrected chi connectivity index (χ2v) is 8.35. The van der Waals surface area contributed by atoms with E-state index in [2.05, 4.69) is 0 Å². The van der Waals surface area contributed by atoms with Crippen LogP contribution < -0.4 is 4.90 Å². The Kier molecular flexibility index (Phi) is 7.75. The normalized spacial score (nSPS) is 12.5. The molecule has 32 heavy (non-hydrogen) atoms. The third kappa shape index (κ3) is 5.79. The number of Topliss-reactive ketones (excluding diaryl/α,β-unsaturated/α-hetero) is 1. The van der Waals surface area contributed by atoms with Crippen LogP contribution in [0.3, 0.4) is 0 Å². The minimum absolute atomic E-state index is 0.00139. The lowest BCUT2D eigenvalue weighted by Crippen LogP contribution is -2.32. The summed E-state index contributed by atoms with van der Waals surface area (Å²) in [5.74, 6) is 0.0865. The molecule has 0 saturated heterocycles. The third-order valence-corrected chi connectivity index (χ3v) is 6.07. The summed E-state index contributed by atoms with van der Waals surface area (Å²) in [6.45, 7) is 2.79. The van der Waals surface area contributed by atoms with Crippen molar-refractivity contribution in [3.8, 4) is 5.75 Å². The summed E-state index contributed by atoms with van der Waals surface area (Å²) in [5, 5.41) is 19.3. The molecule has 1 aliphatic heterocycles. The molecule has 1 aliphatic rings. The van der Waals surface area contributed by atoms with E-state index in [4.69, 9.17) is 11.6 Å². The van der Waals surface area contributed by atoms with Crippen molar-refractivity contribution in [2.24, 2.45) is 0 Å². The van der Waals surface area contributed by atoms with Gasteiger partial charge in [0.2, 0.25) is 5.91 Å². The Balaban J connectivity index is 1.47. The fourth-order valence-electron chi connectivity index (χ4n) is 3.93. The van der Waals surface area contributed by atoms with Gasteiger partial charge in [0.15, 0.2) is 5.78 Å². The third-order valence-electron chi connectivity index (χ3n) is 5.72. The van der Waals surface area contributed by atoms with Crippen LogP contribution in [-0.4, -0.2) is 52.5 Å². The number of halogens is 1. The van der Waals surface area contributed by atoms with E-state index >= 15 is 0 Å². The number of unbranched alkanes of at least 4 members (excludes halogenated alkanes) is 1. The van der Waals surface area contributed by atoms with Crippen LogP contribution in [-0.2, 0) is 17.6 Å². The number of carboxylic acid groups (broad SMARTS) is 1. The largest absolute Gasteiger partial charge is 0.508 e. The summed E-state index contributed by atoms with van der Waals surface area (Å²) in [6, 6.07) is 10.1. The number of fused-ring (bicyclic) bond motifs is 1. The quantitative estimate of drug-likeness (QED) is 0.425. The number of carbonyl (C=O) groups excluding carboxylic acids is 2. The number of phenolic OH excluding ortho intramolecular Hbond substituents is 1. The molecule has 2 amide bonds. The van der Waals surface area contributed by atoms with Crippen LogP contribution in [0.1, 0.15) is 47.7 Å². The van der Waals surface area contributed by atoms with Crippen LogP contribution in [0.25, 0.3) is 0 Å². The second-order valence-electron chi connectivity index (χ2n) is 7.94. The minimum atomic E-state index is -1.01. The predicted octanol–water partition coefficient (Wildman–Crippen LogP) is 4.53. The SMILES string of the molecule is CC(=O)N1CCc2cc(C(=O)CCCCN(CCc3ccc(O)cc3Cl)C(=O)O)ccc21. The van der Waals surface area contributed by atoms with Gasteiger partial charge in [-0.25, -0.2) is 4.79 Å². The van der Waals surface area contributed by atoms with Crippen molar-refractivity contribution in [3.05, 3.63) is 58.1 Å². The van der Waals surface area contributed by atoms with Crippen molar-refractivity contribution in [3.63, 3.8) is 0 Å². The van der Waals surface area contributed by atoms with E-state index in [0.29, 0.717) is 49.4 Å². The number of rotatable bonds is 9. The van der Waals surface area contributed by atoms with E-state index in [-0.39, 0.29) is 24.0 Å². The first kappa shape index (κ1) is 23.6. The average molecular weight is 459 g/mol. The Hall–Kier alpha value is -3.06. The standard InChI is InChI=1S/C24H27ClN2O5/c1-16(28)27-13-10-18-14-19(6-8-22(18)27)23(30)4-2-3-11-26(24(31)32)12-9-17-5-7-20(29)15-21(17)25/h5-8,14-15,29H,2-4,9-13H2,1H3,(H,31,32). The number of anilines is 1. The van der Waals surface area contributed by atoms with Crippen molar-refractivity contribution in [2.75, 3.05) is 24.5 Å². The van der Waals surface area contributed by atoms with Gasteiger partial charge in [-0.05, 0) is 67.1 Å². The molecule has 0 fully saturated rings. The van der Waals surface area contributed by atoms with Gasteiger partial charge in [-0.2, -0.15) is 0 Å². The van der Waals surface area contributed by atoms with Crippen LogP contribution in [0, 0.1) is 0 Å². The number of nitrogens with zero attached hydrogens (tertiary/aromatic N) is 2. The molecule has 0 saturated carbocycles. The zero-order valence-corrected chi connectivity index (χ0v) is 18.8. The zero-order valence-electron chi connectivity index (χ0n) is 18.0. The lowest BCUT2D eigenvalue weighted by atomic mass is 10.0.